The zero-order valence-electron chi connectivity index (χ0n) is 14.4. The Labute approximate surface area is 142 Å². The maximum atomic E-state index is 12.0. The fourth-order valence-electron chi connectivity index (χ4n) is 3.04. The predicted octanol–water partition coefficient (Wildman–Crippen LogP) is 2.73. The van der Waals surface area contributed by atoms with E-state index in [2.05, 4.69) is 10.6 Å². The van der Waals surface area contributed by atoms with Gasteiger partial charge in [-0.3, -0.25) is 9.59 Å². The average Bonchev–Trinajstić information content (AvgIpc) is 2.62. The highest BCUT2D eigenvalue weighted by molar-refractivity contribution is 6.39. The summed E-state index contributed by atoms with van der Waals surface area (Å²) in [6.45, 7) is 0.534. The fourth-order valence-corrected chi connectivity index (χ4v) is 3.04. The van der Waals surface area contributed by atoms with Gasteiger partial charge in [0.05, 0.1) is 19.9 Å². The topological polar surface area (TPSA) is 76.7 Å². The molecular formula is C18H26N2O4. The molecule has 1 aliphatic rings. The molecule has 1 aromatic carbocycles. The first-order valence-corrected chi connectivity index (χ1v) is 8.45. The van der Waals surface area contributed by atoms with Crippen molar-refractivity contribution in [2.24, 2.45) is 5.92 Å². The molecule has 0 bridgehead atoms. The van der Waals surface area contributed by atoms with E-state index >= 15 is 0 Å². The van der Waals surface area contributed by atoms with Gasteiger partial charge in [0.1, 0.15) is 11.5 Å². The van der Waals surface area contributed by atoms with Gasteiger partial charge in [-0.15, -0.1) is 0 Å². The molecule has 1 aromatic rings. The Balaban J connectivity index is 1.83. The molecule has 0 radical (unpaired) electrons. The number of hydrogen-bond acceptors (Lipinski definition) is 4. The van der Waals surface area contributed by atoms with E-state index in [1.165, 1.54) is 46.3 Å². The molecule has 0 unspecified atom stereocenters. The molecule has 0 aliphatic heterocycles. The van der Waals surface area contributed by atoms with E-state index in [0.717, 1.165) is 6.42 Å². The molecule has 1 fully saturated rings. The smallest absolute Gasteiger partial charge is 0.313 e. The molecule has 0 heterocycles. The van der Waals surface area contributed by atoms with Crippen molar-refractivity contribution in [1.29, 1.82) is 0 Å². The third kappa shape index (κ3) is 5.15. The first-order valence-electron chi connectivity index (χ1n) is 8.45. The summed E-state index contributed by atoms with van der Waals surface area (Å²) in [5.41, 5.74) is 0.407. The van der Waals surface area contributed by atoms with Crippen molar-refractivity contribution in [2.45, 2.75) is 38.5 Å². The lowest BCUT2D eigenvalue weighted by atomic mass is 9.87. The van der Waals surface area contributed by atoms with Crippen LogP contribution in [0.2, 0.25) is 0 Å². The van der Waals surface area contributed by atoms with Gasteiger partial charge in [0.2, 0.25) is 0 Å². The van der Waals surface area contributed by atoms with E-state index in [0.29, 0.717) is 29.6 Å². The molecule has 0 atom stereocenters. The second-order valence-corrected chi connectivity index (χ2v) is 6.07. The molecule has 2 rings (SSSR count). The highest BCUT2D eigenvalue weighted by Crippen LogP contribution is 2.29. The molecule has 132 valence electrons. The van der Waals surface area contributed by atoms with Crippen LogP contribution >= 0.6 is 0 Å². The third-order valence-electron chi connectivity index (χ3n) is 4.42. The lowest BCUT2D eigenvalue weighted by molar-refractivity contribution is -0.136. The lowest BCUT2D eigenvalue weighted by Crippen LogP contribution is -2.36. The monoisotopic (exact) mass is 334 g/mol. The van der Waals surface area contributed by atoms with E-state index in [4.69, 9.17) is 9.47 Å². The number of methoxy groups -OCH3 is 2. The Kier molecular flexibility index (Phi) is 6.90. The number of benzene rings is 1. The molecule has 0 saturated heterocycles. The van der Waals surface area contributed by atoms with Crippen LogP contribution in [0.1, 0.15) is 38.5 Å². The summed E-state index contributed by atoms with van der Waals surface area (Å²) in [5, 5.41) is 5.26. The molecular weight excluding hydrogens is 308 g/mol. The summed E-state index contributed by atoms with van der Waals surface area (Å²) >= 11 is 0. The van der Waals surface area contributed by atoms with E-state index in [9.17, 15) is 9.59 Å². The van der Waals surface area contributed by atoms with Crippen molar-refractivity contribution in [3.8, 4) is 11.5 Å². The van der Waals surface area contributed by atoms with Crippen molar-refractivity contribution >= 4 is 17.5 Å². The highest BCUT2D eigenvalue weighted by atomic mass is 16.5. The number of carbonyl (C=O) groups excluding carboxylic acids is 2. The standard InChI is InChI=1S/C18H26N2O4/c1-23-14-8-9-16(24-2)15(12-14)20-18(22)17(21)19-11-10-13-6-4-3-5-7-13/h8-9,12-13H,3-7,10-11H2,1-2H3,(H,19,21)(H,20,22). The van der Waals surface area contributed by atoms with Crippen molar-refractivity contribution in [3.05, 3.63) is 18.2 Å². The van der Waals surface area contributed by atoms with E-state index in [1.54, 1.807) is 18.2 Å². The molecule has 6 heteroatoms. The van der Waals surface area contributed by atoms with Crippen LogP contribution in [0.25, 0.3) is 0 Å². The van der Waals surface area contributed by atoms with E-state index in [-0.39, 0.29) is 0 Å². The zero-order valence-corrected chi connectivity index (χ0v) is 14.4. The van der Waals surface area contributed by atoms with Gasteiger partial charge in [-0.1, -0.05) is 32.1 Å². The third-order valence-corrected chi connectivity index (χ3v) is 4.42. The molecule has 0 aromatic heterocycles. The van der Waals surface area contributed by atoms with Crippen LogP contribution in [0.4, 0.5) is 5.69 Å². The average molecular weight is 334 g/mol. The van der Waals surface area contributed by atoms with Gasteiger partial charge in [-0.05, 0) is 24.5 Å². The van der Waals surface area contributed by atoms with Crippen LogP contribution in [0.5, 0.6) is 11.5 Å². The molecule has 0 spiro atoms. The van der Waals surface area contributed by atoms with Gasteiger partial charge in [-0.25, -0.2) is 0 Å². The maximum absolute atomic E-state index is 12.0. The number of carbonyl (C=O) groups is 2. The zero-order chi connectivity index (χ0) is 17.4. The first-order chi connectivity index (χ1) is 11.6. The summed E-state index contributed by atoms with van der Waals surface area (Å²) in [5.74, 6) is 0.379. The van der Waals surface area contributed by atoms with Crippen molar-refractivity contribution in [3.63, 3.8) is 0 Å². The quantitative estimate of drug-likeness (QED) is 0.784. The fraction of sp³-hybridized carbons (Fsp3) is 0.556. The molecule has 24 heavy (non-hydrogen) atoms. The van der Waals surface area contributed by atoms with Gasteiger partial charge >= 0.3 is 11.8 Å². The first kappa shape index (κ1) is 18.1. The Morgan fingerprint density at radius 1 is 1.08 bits per heavy atom. The van der Waals surface area contributed by atoms with Crippen molar-refractivity contribution < 1.29 is 19.1 Å². The molecule has 2 amide bonds. The Hall–Kier alpha value is -2.24. The van der Waals surface area contributed by atoms with Gasteiger partial charge in [0.15, 0.2) is 0 Å². The Morgan fingerprint density at radius 2 is 1.83 bits per heavy atom. The number of amides is 2. The van der Waals surface area contributed by atoms with Gasteiger partial charge in [-0.2, -0.15) is 0 Å². The largest absolute Gasteiger partial charge is 0.497 e. The second kappa shape index (κ2) is 9.15. The van der Waals surface area contributed by atoms with Crippen LogP contribution in [0.15, 0.2) is 18.2 Å². The summed E-state index contributed by atoms with van der Waals surface area (Å²) in [6, 6.07) is 5.01. The number of anilines is 1. The molecule has 1 aliphatic carbocycles. The second-order valence-electron chi connectivity index (χ2n) is 6.07. The SMILES string of the molecule is COc1ccc(OC)c(NC(=O)C(=O)NCCC2CCCCC2)c1. The van der Waals surface area contributed by atoms with E-state index < -0.39 is 11.8 Å². The molecule has 1 saturated carbocycles. The van der Waals surface area contributed by atoms with Crippen molar-refractivity contribution in [2.75, 3.05) is 26.1 Å². The minimum absolute atomic E-state index is 0.407. The summed E-state index contributed by atoms with van der Waals surface area (Å²) in [7, 11) is 3.03. The summed E-state index contributed by atoms with van der Waals surface area (Å²) < 4.78 is 10.3. The minimum Gasteiger partial charge on any atom is -0.497 e. The Bertz CT molecular complexity index is 568. The van der Waals surface area contributed by atoms with Gasteiger partial charge in [0.25, 0.3) is 0 Å². The van der Waals surface area contributed by atoms with E-state index in [1.807, 2.05) is 0 Å². The predicted molar refractivity (Wildman–Crippen MR) is 92.4 cm³/mol. The van der Waals surface area contributed by atoms with Crippen LogP contribution in [0.3, 0.4) is 0 Å². The summed E-state index contributed by atoms with van der Waals surface area (Å²) in [4.78, 5) is 24.0. The van der Waals surface area contributed by atoms with Gasteiger partial charge in [0, 0.05) is 12.6 Å². The lowest BCUT2D eigenvalue weighted by Gasteiger charge is -2.21. The van der Waals surface area contributed by atoms with Crippen molar-refractivity contribution in [1.82, 2.24) is 5.32 Å². The number of hydrogen-bond donors (Lipinski definition) is 2. The van der Waals surface area contributed by atoms with Gasteiger partial charge < -0.3 is 20.1 Å². The normalized spacial score (nSPS) is 14.8. The Morgan fingerprint density at radius 3 is 2.50 bits per heavy atom. The maximum Gasteiger partial charge on any atom is 0.313 e. The van der Waals surface area contributed by atoms with Crippen LogP contribution in [0, 0.1) is 5.92 Å². The number of ether oxygens (including phenoxy) is 2. The number of rotatable bonds is 6. The minimum atomic E-state index is -0.704. The highest BCUT2D eigenvalue weighted by Gasteiger charge is 2.18. The summed E-state index contributed by atoms with van der Waals surface area (Å²) in [6.07, 6.45) is 7.24. The van der Waals surface area contributed by atoms with Crippen LogP contribution in [-0.4, -0.2) is 32.6 Å². The van der Waals surface area contributed by atoms with Crippen LogP contribution in [-0.2, 0) is 9.59 Å². The molecule has 2 N–H and O–H groups in total. The van der Waals surface area contributed by atoms with Crippen LogP contribution < -0.4 is 20.1 Å². The molecule has 6 nitrogen and oxygen atoms in total. The number of nitrogens with one attached hydrogen (secondary N) is 2.